The van der Waals surface area contributed by atoms with Gasteiger partial charge in [0.15, 0.2) is 0 Å². The highest BCUT2D eigenvalue weighted by molar-refractivity contribution is 7.85. The van der Waals surface area contributed by atoms with Crippen molar-refractivity contribution in [1.82, 2.24) is 0 Å². The fourth-order valence-corrected chi connectivity index (χ4v) is 2.37. The minimum atomic E-state index is -3.24. The Morgan fingerprint density at radius 2 is 1.57 bits per heavy atom. The topological polar surface area (TPSA) is 43.4 Å². The van der Waals surface area contributed by atoms with Crippen molar-refractivity contribution in [1.29, 1.82) is 0 Å². The molecule has 1 rings (SSSR count). The first kappa shape index (κ1) is 12.0. The summed E-state index contributed by atoms with van der Waals surface area (Å²) in [6.07, 6.45) is 9.71. The van der Waals surface area contributed by atoms with Gasteiger partial charge in [0.05, 0.1) is 12.9 Å². The lowest BCUT2D eigenvalue weighted by molar-refractivity contribution is 0.225. The van der Waals surface area contributed by atoms with Gasteiger partial charge in [-0.3, -0.25) is 4.18 Å². The van der Waals surface area contributed by atoms with Gasteiger partial charge in [0.1, 0.15) is 0 Å². The van der Waals surface area contributed by atoms with E-state index in [0.29, 0.717) is 12.5 Å². The highest BCUT2D eigenvalue weighted by atomic mass is 32.2. The molecule has 1 saturated carbocycles. The van der Waals surface area contributed by atoms with Crippen LogP contribution in [0.25, 0.3) is 0 Å². The van der Waals surface area contributed by atoms with Crippen LogP contribution in [-0.2, 0) is 14.3 Å². The monoisotopic (exact) mass is 220 g/mol. The lowest BCUT2D eigenvalue weighted by Crippen LogP contribution is -2.14. The van der Waals surface area contributed by atoms with Crippen molar-refractivity contribution in [2.24, 2.45) is 5.92 Å². The zero-order valence-corrected chi connectivity index (χ0v) is 9.68. The van der Waals surface area contributed by atoms with Gasteiger partial charge in [-0.25, -0.2) is 0 Å². The quantitative estimate of drug-likeness (QED) is 0.686. The molecule has 0 radical (unpaired) electrons. The minimum absolute atomic E-state index is 0.388. The van der Waals surface area contributed by atoms with Crippen LogP contribution >= 0.6 is 0 Å². The fourth-order valence-electron chi connectivity index (χ4n) is 1.93. The van der Waals surface area contributed by atoms with Crippen LogP contribution in [0.3, 0.4) is 0 Å². The van der Waals surface area contributed by atoms with Crippen LogP contribution in [0.15, 0.2) is 0 Å². The van der Waals surface area contributed by atoms with E-state index in [2.05, 4.69) is 0 Å². The molecule has 84 valence electrons. The molecule has 0 aromatic carbocycles. The lowest BCUT2D eigenvalue weighted by Gasteiger charge is -2.18. The molecule has 0 aromatic rings. The molecule has 0 bridgehead atoms. The molecule has 0 spiro atoms. The first-order valence-corrected chi connectivity index (χ1v) is 7.24. The van der Waals surface area contributed by atoms with Crippen LogP contribution in [0, 0.1) is 5.92 Å². The van der Waals surface area contributed by atoms with E-state index in [1.54, 1.807) is 0 Å². The maximum absolute atomic E-state index is 10.8. The van der Waals surface area contributed by atoms with Gasteiger partial charge in [0.25, 0.3) is 10.1 Å². The molecule has 0 amide bonds. The highest BCUT2D eigenvalue weighted by Crippen LogP contribution is 2.22. The van der Waals surface area contributed by atoms with E-state index >= 15 is 0 Å². The third-order valence-electron chi connectivity index (χ3n) is 2.74. The summed E-state index contributed by atoms with van der Waals surface area (Å²) in [4.78, 5) is 0. The summed E-state index contributed by atoms with van der Waals surface area (Å²) in [6.45, 7) is 0.388. The summed E-state index contributed by atoms with van der Waals surface area (Å²) < 4.78 is 26.4. The van der Waals surface area contributed by atoms with E-state index < -0.39 is 10.1 Å². The summed E-state index contributed by atoms with van der Waals surface area (Å²) in [6, 6.07) is 0. The second-order valence-corrected chi connectivity index (χ2v) is 5.84. The Hall–Kier alpha value is -0.0900. The van der Waals surface area contributed by atoms with Crippen molar-refractivity contribution in [2.45, 2.75) is 44.9 Å². The average molecular weight is 220 g/mol. The molecule has 1 aliphatic rings. The first-order valence-electron chi connectivity index (χ1n) is 5.42. The van der Waals surface area contributed by atoms with Crippen LogP contribution < -0.4 is 0 Å². The molecule has 4 heteroatoms. The van der Waals surface area contributed by atoms with Gasteiger partial charge >= 0.3 is 0 Å². The standard InChI is InChI=1S/C10H20O3S/c1-14(11,12)13-9-10-7-5-3-2-4-6-8-10/h10H,2-9H2,1H3. The van der Waals surface area contributed by atoms with Crippen LogP contribution in [-0.4, -0.2) is 21.3 Å². The largest absolute Gasteiger partial charge is 0.270 e. The molecular formula is C10H20O3S. The van der Waals surface area contributed by atoms with Crippen molar-refractivity contribution in [3.05, 3.63) is 0 Å². The third-order valence-corrected chi connectivity index (χ3v) is 3.31. The van der Waals surface area contributed by atoms with Gasteiger partial charge in [-0.2, -0.15) is 8.42 Å². The Morgan fingerprint density at radius 1 is 1.07 bits per heavy atom. The van der Waals surface area contributed by atoms with E-state index in [1.165, 1.54) is 32.1 Å². The minimum Gasteiger partial charge on any atom is -0.270 e. The van der Waals surface area contributed by atoms with E-state index in [4.69, 9.17) is 4.18 Å². The van der Waals surface area contributed by atoms with Crippen LogP contribution in [0.4, 0.5) is 0 Å². The van der Waals surface area contributed by atoms with Gasteiger partial charge in [0.2, 0.25) is 0 Å². The van der Waals surface area contributed by atoms with Gasteiger partial charge in [0, 0.05) is 0 Å². The Kier molecular flexibility index (Phi) is 4.89. The summed E-state index contributed by atoms with van der Waals surface area (Å²) in [5.41, 5.74) is 0. The zero-order valence-electron chi connectivity index (χ0n) is 8.87. The maximum atomic E-state index is 10.8. The number of rotatable bonds is 3. The molecule has 0 heterocycles. The molecule has 0 aliphatic heterocycles. The van der Waals surface area contributed by atoms with E-state index in [0.717, 1.165) is 19.1 Å². The van der Waals surface area contributed by atoms with E-state index in [1.807, 2.05) is 0 Å². The molecule has 0 saturated heterocycles. The predicted molar refractivity (Wildman–Crippen MR) is 56.6 cm³/mol. The second-order valence-electron chi connectivity index (χ2n) is 4.20. The second kappa shape index (κ2) is 5.71. The first-order chi connectivity index (χ1) is 6.58. The van der Waals surface area contributed by atoms with Crippen molar-refractivity contribution >= 4 is 10.1 Å². The van der Waals surface area contributed by atoms with Crippen molar-refractivity contribution in [2.75, 3.05) is 12.9 Å². The molecule has 3 nitrogen and oxygen atoms in total. The molecule has 1 fully saturated rings. The van der Waals surface area contributed by atoms with Crippen LogP contribution in [0.5, 0.6) is 0 Å². The van der Waals surface area contributed by atoms with Crippen molar-refractivity contribution in [3.63, 3.8) is 0 Å². The number of hydrogen-bond acceptors (Lipinski definition) is 3. The lowest BCUT2D eigenvalue weighted by atomic mass is 9.92. The summed E-state index contributed by atoms with van der Waals surface area (Å²) in [7, 11) is -3.24. The Balaban J connectivity index is 2.27. The van der Waals surface area contributed by atoms with E-state index in [-0.39, 0.29) is 0 Å². The summed E-state index contributed by atoms with van der Waals surface area (Å²) >= 11 is 0. The zero-order chi connectivity index (χ0) is 10.4. The van der Waals surface area contributed by atoms with Gasteiger partial charge in [-0.15, -0.1) is 0 Å². The SMILES string of the molecule is CS(=O)(=O)OCC1CCCCCCC1. The molecular weight excluding hydrogens is 200 g/mol. The van der Waals surface area contributed by atoms with Gasteiger partial charge in [-0.1, -0.05) is 32.1 Å². The summed E-state index contributed by atoms with van der Waals surface area (Å²) in [5.74, 6) is 0.449. The molecule has 1 aliphatic carbocycles. The molecule has 0 unspecified atom stereocenters. The average Bonchev–Trinajstić information content (AvgIpc) is 2.00. The Labute approximate surface area is 87.0 Å². The Morgan fingerprint density at radius 3 is 2.07 bits per heavy atom. The third kappa shape index (κ3) is 5.60. The molecule has 14 heavy (non-hydrogen) atoms. The fraction of sp³-hybridized carbons (Fsp3) is 1.00. The van der Waals surface area contributed by atoms with Crippen molar-refractivity contribution in [3.8, 4) is 0 Å². The van der Waals surface area contributed by atoms with E-state index in [9.17, 15) is 8.42 Å². The van der Waals surface area contributed by atoms with Crippen molar-refractivity contribution < 1.29 is 12.6 Å². The summed E-state index contributed by atoms with van der Waals surface area (Å²) in [5, 5.41) is 0. The van der Waals surface area contributed by atoms with Crippen LogP contribution in [0.1, 0.15) is 44.9 Å². The molecule has 0 atom stereocenters. The van der Waals surface area contributed by atoms with Crippen LogP contribution in [0.2, 0.25) is 0 Å². The highest BCUT2D eigenvalue weighted by Gasteiger charge is 2.13. The molecule has 0 N–H and O–H groups in total. The van der Waals surface area contributed by atoms with Gasteiger partial charge in [-0.05, 0) is 18.8 Å². The maximum Gasteiger partial charge on any atom is 0.264 e. The normalized spacial score (nSPS) is 21.5. The van der Waals surface area contributed by atoms with Gasteiger partial charge < -0.3 is 0 Å². The predicted octanol–water partition coefficient (Wildman–Crippen LogP) is 2.32. The smallest absolute Gasteiger partial charge is 0.264 e. The molecule has 0 aromatic heterocycles. The Bertz CT molecular complexity index is 238. The number of hydrogen-bond donors (Lipinski definition) is 0.